The van der Waals surface area contributed by atoms with Gasteiger partial charge in [0, 0.05) is 6.54 Å². The van der Waals surface area contributed by atoms with Crippen LogP contribution < -0.4 is 11.1 Å². The minimum atomic E-state index is -0.714. The molecular formula is C12H16N2O3. The third kappa shape index (κ3) is 4.24. The first kappa shape index (κ1) is 13.2. The Labute approximate surface area is 99.9 Å². The third-order valence-corrected chi connectivity index (χ3v) is 2.30. The van der Waals surface area contributed by atoms with Crippen LogP contribution >= 0.6 is 0 Å². The van der Waals surface area contributed by atoms with Gasteiger partial charge >= 0.3 is 5.97 Å². The summed E-state index contributed by atoms with van der Waals surface area (Å²) < 4.78 is 4.46. The van der Waals surface area contributed by atoms with Crippen LogP contribution in [0.15, 0.2) is 30.3 Å². The van der Waals surface area contributed by atoms with Crippen LogP contribution in [0, 0.1) is 0 Å². The molecule has 0 fully saturated rings. The van der Waals surface area contributed by atoms with Gasteiger partial charge in [0.05, 0.1) is 13.5 Å². The second kappa shape index (κ2) is 6.65. The summed E-state index contributed by atoms with van der Waals surface area (Å²) in [6.45, 7) is 0.228. The SMILES string of the molecule is COC(=O)CCNC(=O)C(N)c1ccccc1. The number of esters is 1. The lowest BCUT2D eigenvalue weighted by molar-refractivity contribution is -0.140. The number of rotatable bonds is 5. The molecule has 0 aliphatic rings. The highest BCUT2D eigenvalue weighted by molar-refractivity contribution is 5.83. The van der Waals surface area contributed by atoms with E-state index < -0.39 is 6.04 Å². The number of ether oxygens (including phenoxy) is 1. The average molecular weight is 236 g/mol. The van der Waals surface area contributed by atoms with E-state index in [1.165, 1.54) is 7.11 Å². The first-order valence-corrected chi connectivity index (χ1v) is 5.30. The van der Waals surface area contributed by atoms with Gasteiger partial charge in [0.1, 0.15) is 6.04 Å². The fraction of sp³-hybridized carbons (Fsp3) is 0.333. The van der Waals surface area contributed by atoms with Gasteiger partial charge in [-0.05, 0) is 5.56 Å². The largest absolute Gasteiger partial charge is 0.469 e. The highest BCUT2D eigenvalue weighted by Gasteiger charge is 2.14. The van der Waals surface area contributed by atoms with E-state index >= 15 is 0 Å². The second-order valence-electron chi connectivity index (χ2n) is 3.51. The van der Waals surface area contributed by atoms with Crippen molar-refractivity contribution >= 4 is 11.9 Å². The van der Waals surface area contributed by atoms with E-state index in [2.05, 4.69) is 10.1 Å². The minimum absolute atomic E-state index is 0.143. The van der Waals surface area contributed by atoms with Gasteiger partial charge in [-0.3, -0.25) is 9.59 Å². The molecule has 1 aromatic rings. The Morgan fingerprint density at radius 2 is 2.00 bits per heavy atom. The molecule has 3 N–H and O–H groups in total. The maximum atomic E-state index is 11.6. The van der Waals surface area contributed by atoms with Gasteiger partial charge < -0.3 is 15.8 Å². The molecule has 1 rings (SSSR count). The second-order valence-corrected chi connectivity index (χ2v) is 3.51. The van der Waals surface area contributed by atoms with Crippen molar-refractivity contribution < 1.29 is 14.3 Å². The van der Waals surface area contributed by atoms with Crippen LogP contribution in [-0.4, -0.2) is 25.5 Å². The molecule has 1 unspecified atom stereocenters. The molecule has 1 atom stereocenters. The van der Waals surface area contributed by atoms with E-state index in [1.807, 2.05) is 18.2 Å². The van der Waals surface area contributed by atoms with Gasteiger partial charge in [-0.2, -0.15) is 0 Å². The lowest BCUT2D eigenvalue weighted by atomic mass is 10.1. The summed E-state index contributed by atoms with van der Waals surface area (Å²) >= 11 is 0. The third-order valence-electron chi connectivity index (χ3n) is 2.30. The molecule has 0 saturated carbocycles. The highest BCUT2D eigenvalue weighted by atomic mass is 16.5. The molecule has 0 aliphatic heterocycles. The van der Waals surface area contributed by atoms with Crippen molar-refractivity contribution in [3.8, 4) is 0 Å². The fourth-order valence-corrected chi connectivity index (χ4v) is 1.31. The number of nitrogens with one attached hydrogen (secondary N) is 1. The molecular weight excluding hydrogens is 220 g/mol. The normalized spacial score (nSPS) is 11.6. The van der Waals surface area contributed by atoms with Crippen LogP contribution in [0.4, 0.5) is 0 Å². The predicted molar refractivity (Wildman–Crippen MR) is 63.0 cm³/mol. The van der Waals surface area contributed by atoms with Gasteiger partial charge in [0.15, 0.2) is 0 Å². The van der Waals surface area contributed by atoms with Crippen LogP contribution in [0.25, 0.3) is 0 Å². The zero-order valence-corrected chi connectivity index (χ0v) is 9.68. The van der Waals surface area contributed by atoms with Crippen LogP contribution in [0.2, 0.25) is 0 Å². The van der Waals surface area contributed by atoms with E-state index in [4.69, 9.17) is 5.73 Å². The molecule has 1 amide bonds. The van der Waals surface area contributed by atoms with Crippen molar-refractivity contribution in [2.45, 2.75) is 12.5 Å². The van der Waals surface area contributed by atoms with Gasteiger partial charge in [-0.15, -0.1) is 0 Å². The van der Waals surface area contributed by atoms with Gasteiger partial charge in [0.2, 0.25) is 5.91 Å². The molecule has 92 valence electrons. The smallest absolute Gasteiger partial charge is 0.307 e. The summed E-state index contributed by atoms with van der Waals surface area (Å²) in [7, 11) is 1.31. The number of benzene rings is 1. The fourth-order valence-electron chi connectivity index (χ4n) is 1.31. The molecule has 17 heavy (non-hydrogen) atoms. The standard InChI is InChI=1S/C12H16N2O3/c1-17-10(15)7-8-14-12(16)11(13)9-5-3-2-4-6-9/h2-6,11H,7-8,13H2,1H3,(H,14,16). The van der Waals surface area contributed by atoms with Crippen molar-refractivity contribution in [3.05, 3.63) is 35.9 Å². The lowest BCUT2D eigenvalue weighted by Gasteiger charge is -2.11. The van der Waals surface area contributed by atoms with Crippen LogP contribution in [0.3, 0.4) is 0 Å². The molecule has 5 nitrogen and oxygen atoms in total. The van der Waals surface area contributed by atoms with E-state index in [1.54, 1.807) is 12.1 Å². The molecule has 0 aliphatic carbocycles. The summed E-state index contributed by atoms with van der Waals surface area (Å²) in [5, 5.41) is 2.58. The zero-order chi connectivity index (χ0) is 12.7. The molecule has 0 radical (unpaired) electrons. The Morgan fingerprint density at radius 1 is 1.35 bits per heavy atom. The quantitative estimate of drug-likeness (QED) is 0.723. The number of nitrogens with two attached hydrogens (primary N) is 1. The summed E-state index contributed by atoms with van der Waals surface area (Å²) in [5.41, 5.74) is 6.50. The minimum Gasteiger partial charge on any atom is -0.469 e. The average Bonchev–Trinajstić information content (AvgIpc) is 2.38. The molecule has 0 saturated heterocycles. The Bertz CT molecular complexity index is 379. The van der Waals surface area contributed by atoms with E-state index in [0.717, 1.165) is 5.56 Å². The van der Waals surface area contributed by atoms with E-state index in [9.17, 15) is 9.59 Å². The molecule has 0 spiro atoms. The number of carbonyl (C=O) groups is 2. The Morgan fingerprint density at radius 3 is 2.59 bits per heavy atom. The topological polar surface area (TPSA) is 81.4 Å². The number of carbonyl (C=O) groups excluding carboxylic acids is 2. The Kier molecular flexibility index (Phi) is 5.16. The number of hydrogen-bond acceptors (Lipinski definition) is 4. The van der Waals surface area contributed by atoms with Crippen LogP contribution in [0.5, 0.6) is 0 Å². The molecule has 5 heteroatoms. The summed E-state index contributed by atoms with van der Waals surface area (Å²) in [5.74, 6) is -0.668. The van der Waals surface area contributed by atoms with Gasteiger partial charge in [0.25, 0.3) is 0 Å². The molecule has 0 bridgehead atoms. The maximum Gasteiger partial charge on any atom is 0.307 e. The van der Waals surface area contributed by atoms with Crippen molar-refractivity contribution in [2.75, 3.05) is 13.7 Å². The molecule has 0 heterocycles. The Hall–Kier alpha value is -1.88. The number of methoxy groups -OCH3 is 1. The number of hydrogen-bond donors (Lipinski definition) is 2. The molecule has 1 aromatic carbocycles. The van der Waals surface area contributed by atoms with Gasteiger partial charge in [-0.25, -0.2) is 0 Å². The van der Waals surface area contributed by atoms with Crippen LogP contribution in [0.1, 0.15) is 18.0 Å². The van der Waals surface area contributed by atoms with Crippen molar-refractivity contribution in [1.29, 1.82) is 0 Å². The lowest BCUT2D eigenvalue weighted by Crippen LogP contribution is -2.35. The monoisotopic (exact) mass is 236 g/mol. The molecule has 0 aromatic heterocycles. The summed E-state index contributed by atoms with van der Waals surface area (Å²) in [4.78, 5) is 22.5. The van der Waals surface area contributed by atoms with Crippen molar-refractivity contribution in [1.82, 2.24) is 5.32 Å². The van der Waals surface area contributed by atoms with Crippen molar-refractivity contribution in [3.63, 3.8) is 0 Å². The Balaban J connectivity index is 2.40. The van der Waals surface area contributed by atoms with E-state index in [0.29, 0.717) is 0 Å². The highest BCUT2D eigenvalue weighted by Crippen LogP contribution is 2.08. The van der Waals surface area contributed by atoms with Crippen molar-refractivity contribution in [2.24, 2.45) is 5.73 Å². The first-order valence-electron chi connectivity index (χ1n) is 5.30. The zero-order valence-electron chi connectivity index (χ0n) is 9.68. The first-order chi connectivity index (χ1) is 8.15. The van der Waals surface area contributed by atoms with E-state index in [-0.39, 0.29) is 24.8 Å². The maximum absolute atomic E-state index is 11.6. The summed E-state index contributed by atoms with van der Waals surface area (Å²) in [6.07, 6.45) is 0.143. The van der Waals surface area contributed by atoms with Gasteiger partial charge in [-0.1, -0.05) is 30.3 Å². The van der Waals surface area contributed by atoms with Crippen LogP contribution in [-0.2, 0) is 14.3 Å². The summed E-state index contributed by atoms with van der Waals surface area (Å²) in [6, 6.07) is 8.34. The predicted octanol–water partition coefficient (Wildman–Crippen LogP) is 0.366. The number of amides is 1.